The highest BCUT2D eigenvalue weighted by atomic mass is 16.5. The molecule has 0 saturated heterocycles. The maximum absolute atomic E-state index is 11.6. The van der Waals surface area contributed by atoms with E-state index < -0.39 is 0 Å². The Morgan fingerprint density at radius 2 is 1.88 bits per heavy atom. The minimum absolute atomic E-state index is 0.0636. The Labute approximate surface area is 95.4 Å². The molecule has 0 unspecified atom stereocenters. The lowest BCUT2D eigenvalue weighted by Gasteiger charge is -2.03. The van der Waals surface area contributed by atoms with Gasteiger partial charge in [-0.3, -0.25) is 4.79 Å². The number of Topliss-reactive ketones (excluding diaryl/α,β-unsaturated/α-hetero) is 1. The van der Waals surface area contributed by atoms with Gasteiger partial charge in [0, 0.05) is 12.0 Å². The number of esters is 1. The van der Waals surface area contributed by atoms with Crippen LogP contribution in [-0.4, -0.2) is 18.4 Å². The summed E-state index contributed by atoms with van der Waals surface area (Å²) in [6, 6.07) is 6.67. The van der Waals surface area contributed by atoms with Crippen molar-refractivity contribution in [2.75, 3.05) is 6.61 Å². The number of ketones is 1. The molecule has 0 aliphatic rings. The molecule has 1 aromatic rings. The van der Waals surface area contributed by atoms with Crippen LogP contribution in [0.5, 0.6) is 0 Å². The number of benzene rings is 1. The van der Waals surface area contributed by atoms with E-state index in [-0.39, 0.29) is 11.8 Å². The van der Waals surface area contributed by atoms with Crippen molar-refractivity contribution in [1.29, 1.82) is 0 Å². The zero-order valence-electron chi connectivity index (χ0n) is 9.66. The topological polar surface area (TPSA) is 43.4 Å². The van der Waals surface area contributed by atoms with E-state index in [1.165, 1.54) is 0 Å². The highest BCUT2D eigenvalue weighted by molar-refractivity contribution is 5.99. The first kappa shape index (κ1) is 12.4. The second-order valence-electron chi connectivity index (χ2n) is 3.47. The molecule has 3 heteroatoms. The van der Waals surface area contributed by atoms with Crippen LogP contribution in [0.3, 0.4) is 0 Å². The molecule has 0 aliphatic heterocycles. The number of ether oxygens (including phenoxy) is 1. The Bertz CT molecular complexity index is 349. The third kappa shape index (κ3) is 3.19. The summed E-state index contributed by atoms with van der Waals surface area (Å²) in [5.41, 5.74) is 1.01. The highest BCUT2D eigenvalue weighted by Crippen LogP contribution is 2.10. The van der Waals surface area contributed by atoms with E-state index in [4.69, 9.17) is 4.74 Å². The van der Waals surface area contributed by atoms with Crippen molar-refractivity contribution in [2.24, 2.45) is 0 Å². The van der Waals surface area contributed by atoms with Gasteiger partial charge in [0.15, 0.2) is 5.78 Å². The van der Waals surface area contributed by atoms with E-state index in [2.05, 4.69) is 0 Å². The molecule has 0 amide bonds. The molecule has 0 radical (unpaired) electrons. The fourth-order valence-corrected chi connectivity index (χ4v) is 1.41. The summed E-state index contributed by atoms with van der Waals surface area (Å²) in [4.78, 5) is 23.1. The van der Waals surface area contributed by atoms with Gasteiger partial charge in [0.2, 0.25) is 0 Å². The molecular weight excluding hydrogens is 204 g/mol. The fraction of sp³-hybridized carbons (Fsp3) is 0.385. The normalized spacial score (nSPS) is 9.88. The standard InChI is InChI=1S/C13H16O3/c1-3-6-12(14)10-7-5-8-11(9-10)13(15)16-4-2/h5,7-9H,3-4,6H2,1-2H3. The molecular formula is C13H16O3. The summed E-state index contributed by atoms with van der Waals surface area (Å²) in [7, 11) is 0. The van der Waals surface area contributed by atoms with Crippen LogP contribution in [0.2, 0.25) is 0 Å². The van der Waals surface area contributed by atoms with Gasteiger partial charge >= 0.3 is 5.97 Å². The van der Waals surface area contributed by atoms with E-state index >= 15 is 0 Å². The van der Waals surface area contributed by atoms with Gasteiger partial charge in [0.05, 0.1) is 12.2 Å². The number of carbonyl (C=O) groups is 2. The largest absolute Gasteiger partial charge is 0.462 e. The third-order valence-corrected chi connectivity index (χ3v) is 2.17. The van der Waals surface area contributed by atoms with Gasteiger partial charge < -0.3 is 4.74 Å². The SMILES string of the molecule is CCCC(=O)c1cccc(C(=O)OCC)c1. The average molecular weight is 220 g/mol. The van der Waals surface area contributed by atoms with Crippen LogP contribution in [-0.2, 0) is 4.74 Å². The minimum atomic E-state index is -0.381. The number of hydrogen-bond donors (Lipinski definition) is 0. The van der Waals surface area contributed by atoms with Crippen molar-refractivity contribution in [1.82, 2.24) is 0 Å². The van der Waals surface area contributed by atoms with Crippen LogP contribution in [0, 0.1) is 0 Å². The number of rotatable bonds is 5. The molecule has 0 aliphatic carbocycles. The van der Waals surface area contributed by atoms with Crippen molar-refractivity contribution >= 4 is 11.8 Å². The van der Waals surface area contributed by atoms with Gasteiger partial charge in [-0.05, 0) is 25.5 Å². The quantitative estimate of drug-likeness (QED) is 0.566. The summed E-state index contributed by atoms with van der Waals surface area (Å²) in [5, 5.41) is 0. The predicted octanol–water partition coefficient (Wildman–Crippen LogP) is 2.85. The van der Waals surface area contributed by atoms with E-state index in [0.717, 1.165) is 6.42 Å². The lowest BCUT2D eigenvalue weighted by atomic mass is 10.0. The lowest BCUT2D eigenvalue weighted by molar-refractivity contribution is 0.0526. The molecule has 0 bridgehead atoms. The summed E-state index contributed by atoms with van der Waals surface area (Å²) in [6.07, 6.45) is 1.31. The van der Waals surface area contributed by atoms with Gasteiger partial charge in [-0.2, -0.15) is 0 Å². The van der Waals surface area contributed by atoms with E-state index in [1.54, 1.807) is 31.2 Å². The van der Waals surface area contributed by atoms with Crippen LogP contribution in [0.1, 0.15) is 47.4 Å². The summed E-state index contributed by atoms with van der Waals surface area (Å²) in [5.74, 6) is -0.317. The molecule has 0 atom stereocenters. The molecule has 86 valence electrons. The maximum atomic E-state index is 11.6. The van der Waals surface area contributed by atoms with Gasteiger partial charge in [0.1, 0.15) is 0 Å². The lowest BCUT2D eigenvalue weighted by Crippen LogP contribution is -2.06. The molecule has 3 nitrogen and oxygen atoms in total. The van der Waals surface area contributed by atoms with Crippen molar-refractivity contribution in [3.8, 4) is 0 Å². The van der Waals surface area contributed by atoms with Crippen molar-refractivity contribution in [3.05, 3.63) is 35.4 Å². The zero-order valence-corrected chi connectivity index (χ0v) is 9.66. The summed E-state index contributed by atoms with van der Waals surface area (Å²) >= 11 is 0. The Morgan fingerprint density at radius 3 is 2.50 bits per heavy atom. The minimum Gasteiger partial charge on any atom is -0.462 e. The van der Waals surface area contributed by atoms with Gasteiger partial charge in [-0.25, -0.2) is 4.79 Å². The number of carbonyl (C=O) groups excluding carboxylic acids is 2. The second-order valence-corrected chi connectivity index (χ2v) is 3.47. The molecule has 1 aromatic carbocycles. The first-order chi connectivity index (χ1) is 7.69. The Hall–Kier alpha value is -1.64. The molecule has 0 spiro atoms. The highest BCUT2D eigenvalue weighted by Gasteiger charge is 2.10. The zero-order chi connectivity index (χ0) is 12.0. The first-order valence-corrected chi connectivity index (χ1v) is 5.49. The Morgan fingerprint density at radius 1 is 1.19 bits per heavy atom. The van der Waals surface area contributed by atoms with Crippen LogP contribution < -0.4 is 0 Å². The van der Waals surface area contributed by atoms with Crippen LogP contribution in [0.4, 0.5) is 0 Å². The van der Waals surface area contributed by atoms with E-state index in [1.807, 2.05) is 6.92 Å². The van der Waals surface area contributed by atoms with Crippen LogP contribution >= 0.6 is 0 Å². The monoisotopic (exact) mass is 220 g/mol. The summed E-state index contributed by atoms with van der Waals surface area (Å²) < 4.78 is 4.87. The van der Waals surface area contributed by atoms with Crippen molar-refractivity contribution < 1.29 is 14.3 Å². The molecule has 0 saturated carbocycles. The van der Waals surface area contributed by atoms with Gasteiger partial charge in [-0.1, -0.05) is 19.1 Å². The van der Waals surface area contributed by atoms with Crippen molar-refractivity contribution in [2.45, 2.75) is 26.7 Å². The smallest absolute Gasteiger partial charge is 0.338 e. The molecule has 0 aromatic heterocycles. The Balaban J connectivity index is 2.86. The van der Waals surface area contributed by atoms with Crippen LogP contribution in [0.15, 0.2) is 24.3 Å². The molecule has 1 rings (SSSR count). The van der Waals surface area contributed by atoms with Crippen molar-refractivity contribution in [3.63, 3.8) is 0 Å². The maximum Gasteiger partial charge on any atom is 0.338 e. The molecule has 0 N–H and O–H groups in total. The molecule has 0 heterocycles. The molecule has 0 fully saturated rings. The van der Waals surface area contributed by atoms with Crippen LogP contribution in [0.25, 0.3) is 0 Å². The van der Waals surface area contributed by atoms with Gasteiger partial charge in [0.25, 0.3) is 0 Å². The second kappa shape index (κ2) is 6.05. The Kier molecular flexibility index (Phi) is 4.70. The molecule has 16 heavy (non-hydrogen) atoms. The summed E-state index contributed by atoms with van der Waals surface area (Å²) in [6.45, 7) is 4.04. The van der Waals surface area contributed by atoms with E-state index in [0.29, 0.717) is 24.2 Å². The first-order valence-electron chi connectivity index (χ1n) is 5.49. The van der Waals surface area contributed by atoms with E-state index in [9.17, 15) is 9.59 Å². The fourth-order valence-electron chi connectivity index (χ4n) is 1.41. The van der Waals surface area contributed by atoms with Gasteiger partial charge in [-0.15, -0.1) is 0 Å². The predicted molar refractivity (Wildman–Crippen MR) is 61.6 cm³/mol. The average Bonchev–Trinajstić information content (AvgIpc) is 2.30. The number of hydrogen-bond acceptors (Lipinski definition) is 3. The third-order valence-electron chi connectivity index (χ3n) is 2.17.